The van der Waals surface area contributed by atoms with E-state index in [1.54, 1.807) is 0 Å². The maximum atomic E-state index is 7.17. The number of benzene rings is 12. The number of hydrogen-bond acceptors (Lipinski definition) is 3. The molecule has 0 aliphatic carbocycles. The molecule has 0 spiro atoms. The number of rotatable bonds is 6. The molecule has 22 aromatic rings. The first kappa shape index (κ1) is 89.7. The molecule has 0 radical (unpaired) electrons. The quantitative estimate of drug-likeness (QED) is 0.155. The zero-order valence-corrected chi connectivity index (χ0v) is 82.3. The summed E-state index contributed by atoms with van der Waals surface area (Å²) in [6.45, 7) is 84.1. The fraction of sp³-hybridized carbons (Fsp3) is 0.395. The minimum Gasteiger partial charge on any atom is -0.495 e. The van der Waals surface area contributed by atoms with E-state index in [1.165, 1.54) is 230 Å². The predicted octanol–water partition coefficient (Wildman–Crippen LogP) is 33.5. The predicted molar refractivity (Wildman–Crippen MR) is 546 cm³/mol. The molecule has 1 fully saturated rings. The lowest BCUT2D eigenvalue weighted by molar-refractivity contribution is 0.00578. The van der Waals surface area contributed by atoms with Gasteiger partial charge in [-0.3, -0.25) is 0 Å². The fourth-order valence-corrected chi connectivity index (χ4v) is 21.4. The summed E-state index contributed by atoms with van der Waals surface area (Å²) < 4.78 is 21.3. The molecule has 22 aromatic carbocycles. The van der Waals surface area contributed by atoms with Crippen LogP contribution >= 0.6 is 0 Å². The summed E-state index contributed by atoms with van der Waals surface area (Å²) >= 11 is 0. The Balaban J connectivity index is 1.17. The molecule has 3 nitrogen and oxygen atoms in total. The van der Waals surface area contributed by atoms with Crippen molar-refractivity contribution >= 4 is 142 Å². The lowest BCUT2D eigenvalue weighted by atomic mass is 9.71. The van der Waals surface area contributed by atoms with Gasteiger partial charge in [0.15, 0.2) is 0 Å². The van der Waals surface area contributed by atoms with Gasteiger partial charge in [-0.15, -0.1) is 0 Å². The molecule has 123 heavy (non-hydrogen) atoms. The van der Waals surface area contributed by atoms with E-state index in [4.69, 9.17) is 14.0 Å². The van der Waals surface area contributed by atoms with Crippen molar-refractivity contribution in [1.82, 2.24) is 0 Å². The van der Waals surface area contributed by atoms with Crippen LogP contribution in [0.25, 0.3) is 129 Å². The van der Waals surface area contributed by atoms with E-state index in [0.29, 0.717) is 0 Å². The molecule has 0 amide bonds. The van der Waals surface area contributed by atoms with Gasteiger partial charge in [0, 0.05) is 10.8 Å². The first-order valence-corrected chi connectivity index (χ1v) is 45.9. The van der Waals surface area contributed by atoms with Gasteiger partial charge in [-0.2, -0.15) is 0 Å². The fourth-order valence-electron chi connectivity index (χ4n) is 21.4. The summed E-state index contributed by atoms with van der Waals surface area (Å²) in [7, 11) is 1.24. The Kier molecular flexibility index (Phi) is 23.4. The Morgan fingerprint density at radius 3 is 0.659 bits per heavy atom. The molecule has 0 N–H and O–H groups in total. The van der Waals surface area contributed by atoms with Crippen LogP contribution in [0.3, 0.4) is 0 Å². The maximum Gasteiger partial charge on any atom is 0.495 e. The minimum atomic E-state index is -0.628. The monoisotopic (exact) mass is 1630 g/mol. The van der Waals surface area contributed by atoms with Crippen molar-refractivity contribution in [2.24, 2.45) is 0 Å². The Morgan fingerprint density at radius 2 is 0.455 bits per heavy atom. The van der Waals surface area contributed by atoms with E-state index in [-0.39, 0.29) is 21.7 Å². The van der Waals surface area contributed by atoms with Crippen molar-refractivity contribution in [3.63, 3.8) is 0 Å². The van der Waals surface area contributed by atoms with Crippen molar-refractivity contribution < 1.29 is 14.0 Å². The average Bonchev–Trinajstić information content (AvgIpc) is 1.71. The van der Waals surface area contributed by atoms with Crippen molar-refractivity contribution in [1.29, 1.82) is 0 Å². The standard InChI is InChI=1S/C119H141BO3/c1-38-40-82-50-83(41-39-2)101-63-100(82)84-42-64(3)102(65(4)43-84)88-51-92(59-96(55-88)114(21,22)23)106-72(11)76(15)108(77(16)73(106)12)94-53-90(57-98(61-94)116(27,28)29)104-68(7)46-86(47-69(104)8)110-80(19)112(120-122-118(33,34)119(35,36)123-120)81(20)111(113(110)121-37)87-48-70(9)105(71(10)49-87)91-54-95(62-99(58-91)117(30,31)32)109-78(17)74(13)107(75(14)79(109)18)93-52-89(56-97(60-93)115(24,25)26)103-66(5)44-85(101)45-67(103)6/h42-63H,38-41H2,1-37H3. The number of methoxy groups -OCH3 is 1. The van der Waals surface area contributed by atoms with Gasteiger partial charge in [0.05, 0.1) is 18.3 Å². The Morgan fingerprint density at radius 1 is 0.252 bits per heavy atom. The summed E-state index contributed by atoms with van der Waals surface area (Å²) in [6.07, 6.45) is 4.16. The SMILES string of the molecule is CCCc1cc(CCC)c2cc1c1cc(C)c(c(C)c1)c1cc(C(C)(C)C)cc(c1)c1c(C)c(C)c(c(C)c1C)c1cc(C(C)(C)C)cc(c1)c1c(C)cc(cc1C)c1c(C)c(B3OC(C)(C)C(C)(C)O3)c(C)c(c1OC)c1cc(C)c(c(C)c1)c1cc(C(C)(C)C)cc(c1)c1c(C)c(C)c(c(C)c1C)c1cc(C(C)(C)C)cc(c1)c1c(C)cc2cc1C. The molecule has 638 valence electrons. The summed E-state index contributed by atoms with van der Waals surface area (Å²) in [5.74, 6) is 0.844. The molecule has 23 rings (SSSR count). The molecule has 0 aromatic heterocycles. The third-order valence-corrected chi connectivity index (χ3v) is 29.2. The largest absolute Gasteiger partial charge is 0.495 e. The third-order valence-electron chi connectivity index (χ3n) is 29.2. The van der Waals surface area contributed by atoms with Crippen LogP contribution in [0.4, 0.5) is 0 Å². The third kappa shape index (κ3) is 15.9. The number of hydrogen-bond donors (Lipinski definition) is 0. The smallest absolute Gasteiger partial charge is 0.495 e. The zero-order valence-electron chi connectivity index (χ0n) is 82.3. The highest BCUT2D eigenvalue weighted by atomic mass is 16.7. The van der Waals surface area contributed by atoms with Crippen LogP contribution in [-0.2, 0) is 43.8 Å². The molecule has 4 heteroatoms. The highest BCUT2D eigenvalue weighted by molar-refractivity contribution is 6.64. The van der Waals surface area contributed by atoms with Gasteiger partial charge in [-0.05, 0) is 475 Å². The Hall–Kier alpha value is -9.58. The summed E-state index contributed by atoms with van der Waals surface area (Å²) in [4.78, 5) is 0. The minimum absolute atomic E-state index is 0.118. The second-order valence-corrected chi connectivity index (χ2v) is 42.8. The van der Waals surface area contributed by atoms with Gasteiger partial charge >= 0.3 is 7.12 Å². The van der Waals surface area contributed by atoms with E-state index < -0.39 is 18.3 Å². The van der Waals surface area contributed by atoms with Crippen LogP contribution in [0.15, 0.2) is 133 Å². The highest BCUT2D eigenvalue weighted by Crippen LogP contribution is 2.47. The number of aryl methyl sites for hydroxylation is 20. The molecule has 1 aliphatic rings. The van der Waals surface area contributed by atoms with Gasteiger partial charge in [0.25, 0.3) is 0 Å². The summed E-state index contributed by atoms with van der Waals surface area (Å²) in [6, 6.07) is 54.9. The second-order valence-electron chi connectivity index (χ2n) is 42.8. The van der Waals surface area contributed by atoms with E-state index in [1.807, 2.05) is 7.11 Å². The molecule has 1 saturated heterocycles. The highest BCUT2D eigenvalue weighted by Gasteiger charge is 2.53. The van der Waals surface area contributed by atoms with Crippen LogP contribution in [0.1, 0.15) is 271 Å². The van der Waals surface area contributed by atoms with Crippen molar-refractivity contribution in [2.75, 3.05) is 7.11 Å². The van der Waals surface area contributed by atoms with Gasteiger partial charge in [-0.1, -0.05) is 213 Å². The molecule has 24 bridgehead atoms. The summed E-state index contributed by atoms with van der Waals surface area (Å²) in [5.41, 5.74) is 30.1. The molecule has 1 heterocycles. The van der Waals surface area contributed by atoms with E-state index in [2.05, 4.69) is 383 Å². The lowest BCUT2D eigenvalue weighted by Gasteiger charge is -2.32. The van der Waals surface area contributed by atoms with Crippen LogP contribution in [-0.4, -0.2) is 25.4 Å². The zero-order chi connectivity index (χ0) is 90.0. The molecular formula is C119H141BO3. The Labute approximate surface area is 738 Å². The first-order chi connectivity index (χ1) is 57.3. The van der Waals surface area contributed by atoms with Crippen molar-refractivity contribution in [3.05, 3.63) is 267 Å². The first-order valence-electron chi connectivity index (χ1n) is 45.9. The molecule has 0 atom stereocenters. The van der Waals surface area contributed by atoms with Crippen LogP contribution in [0.5, 0.6) is 5.75 Å². The van der Waals surface area contributed by atoms with Gasteiger partial charge < -0.3 is 14.0 Å². The van der Waals surface area contributed by atoms with Gasteiger partial charge in [-0.25, -0.2) is 0 Å². The normalized spacial score (nSPS) is 13.9. The second kappa shape index (κ2) is 32.1. The molecule has 1 aliphatic heterocycles. The van der Waals surface area contributed by atoms with Crippen molar-refractivity contribution in [2.45, 2.75) is 308 Å². The van der Waals surface area contributed by atoms with Crippen LogP contribution in [0.2, 0.25) is 0 Å². The van der Waals surface area contributed by atoms with Gasteiger partial charge in [0.2, 0.25) is 0 Å². The lowest BCUT2D eigenvalue weighted by Crippen LogP contribution is -2.41. The topological polar surface area (TPSA) is 27.7 Å². The molecular weight excluding hydrogens is 1490 g/mol. The maximum absolute atomic E-state index is 7.17. The van der Waals surface area contributed by atoms with Crippen LogP contribution in [0, 0.1) is 125 Å². The van der Waals surface area contributed by atoms with E-state index >= 15 is 0 Å². The van der Waals surface area contributed by atoms with Gasteiger partial charge in [0.1, 0.15) is 5.75 Å². The average molecular weight is 1630 g/mol. The Bertz CT molecular complexity index is 6510. The summed E-state index contributed by atoms with van der Waals surface area (Å²) in [5, 5.41) is 30.0. The van der Waals surface area contributed by atoms with E-state index in [9.17, 15) is 0 Å². The molecule has 0 saturated carbocycles. The van der Waals surface area contributed by atoms with Crippen LogP contribution < -0.4 is 10.2 Å². The number of ether oxygens (including phenoxy) is 1. The van der Waals surface area contributed by atoms with Crippen molar-refractivity contribution in [3.8, 4) is 5.75 Å². The van der Waals surface area contributed by atoms with E-state index in [0.717, 1.165) is 69.6 Å². The molecule has 0 unspecified atom stereocenters.